The summed E-state index contributed by atoms with van der Waals surface area (Å²) in [6.07, 6.45) is 3.62. The van der Waals surface area contributed by atoms with Gasteiger partial charge in [-0.2, -0.15) is 0 Å². The minimum absolute atomic E-state index is 0.0443. The maximum Gasteiger partial charge on any atom is 0.220 e. The van der Waals surface area contributed by atoms with Crippen LogP contribution >= 0.6 is 0 Å². The molecular formula is C28H30N4O. The normalized spacial score (nSPS) is 14.1. The molecular weight excluding hydrogens is 408 g/mol. The predicted molar refractivity (Wildman–Crippen MR) is 132 cm³/mol. The zero-order valence-corrected chi connectivity index (χ0v) is 18.9. The van der Waals surface area contributed by atoms with E-state index in [0.29, 0.717) is 19.4 Å². The Labute approximate surface area is 195 Å². The van der Waals surface area contributed by atoms with Crippen molar-refractivity contribution in [3.05, 3.63) is 95.8 Å². The first kappa shape index (κ1) is 21.4. The van der Waals surface area contributed by atoms with E-state index in [-0.39, 0.29) is 5.91 Å². The van der Waals surface area contributed by atoms with Crippen LogP contribution in [0.4, 0.5) is 0 Å². The Morgan fingerprint density at radius 3 is 2.33 bits per heavy atom. The lowest BCUT2D eigenvalue weighted by atomic mass is 10.1. The summed E-state index contributed by atoms with van der Waals surface area (Å²) in [6.45, 7) is 3.98. The first-order valence-corrected chi connectivity index (χ1v) is 11.8. The summed E-state index contributed by atoms with van der Waals surface area (Å²) in [5.41, 5.74) is 5.55. The quantitative estimate of drug-likeness (QED) is 0.427. The highest BCUT2D eigenvalue weighted by molar-refractivity contribution is 5.79. The zero-order chi connectivity index (χ0) is 22.5. The number of fused-ring (bicyclic) bond motifs is 1. The maximum absolute atomic E-state index is 12.6. The summed E-state index contributed by atoms with van der Waals surface area (Å²) < 4.78 is 2.15. The van der Waals surface area contributed by atoms with Crippen molar-refractivity contribution in [1.29, 1.82) is 0 Å². The van der Waals surface area contributed by atoms with Crippen LogP contribution in [0.3, 0.4) is 0 Å². The summed E-state index contributed by atoms with van der Waals surface area (Å²) in [5, 5.41) is 3.07. The molecule has 33 heavy (non-hydrogen) atoms. The van der Waals surface area contributed by atoms with Gasteiger partial charge in [-0.15, -0.1) is 0 Å². The van der Waals surface area contributed by atoms with E-state index in [0.717, 1.165) is 34.7 Å². The number of hydrogen-bond acceptors (Lipinski definition) is 3. The zero-order valence-electron chi connectivity index (χ0n) is 18.9. The molecule has 1 fully saturated rings. The Morgan fingerprint density at radius 2 is 1.55 bits per heavy atom. The summed E-state index contributed by atoms with van der Waals surface area (Å²) in [7, 11) is 0. The van der Waals surface area contributed by atoms with E-state index < -0.39 is 0 Å². The maximum atomic E-state index is 12.6. The molecule has 3 aromatic carbocycles. The third kappa shape index (κ3) is 5.15. The van der Waals surface area contributed by atoms with Crippen LogP contribution in [0.1, 0.15) is 36.2 Å². The van der Waals surface area contributed by atoms with Crippen molar-refractivity contribution in [2.75, 3.05) is 13.1 Å². The van der Waals surface area contributed by atoms with Crippen molar-refractivity contribution >= 4 is 16.9 Å². The van der Waals surface area contributed by atoms with Gasteiger partial charge in [0.1, 0.15) is 5.82 Å². The van der Waals surface area contributed by atoms with Gasteiger partial charge in [-0.1, -0.05) is 54.6 Å². The van der Waals surface area contributed by atoms with Crippen LogP contribution in [0, 0.1) is 0 Å². The molecule has 1 aliphatic heterocycles. The molecule has 5 nitrogen and oxygen atoms in total. The van der Waals surface area contributed by atoms with Gasteiger partial charge < -0.3 is 5.32 Å². The van der Waals surface area contributed by atoms with Gasteiger partial charge in [0, 0.05) is 31.6 Å². The van der Waals surface area contributed by atoms with Gasteiger partial charge >= 0.3 is 0 Å². The van der Waals surface area contributed by atoms with E-state index in [9.17, 15) is 4.79 Å². The fraction of sp³-hybridized carbons (Fsp3) is 0.286. The van der Waals surface area contributed by atoms with Gasteiger partial charge in [0.15, 0.2) is 0 Å². The van der Waals surface area contributed by atoms with E-state index in [1.54, 1.807) is 0 Å². The third-order valence-electron chi connectivity index (χ3n) is 6.34. The molecule has 0 bridgehead atoms. The number of aryl methyl sites for hydroxylation is 1. The molecule has 1 N–H and O–H groups in total. The number of carbonyl (C=O) groups excluding carboxylic acids is 1. The second-order valence-electron chi connectivity index (χ2n) is 8.76. The van der Waals surface area contributed by atoms with E-state index in [2.05, 4.69) is 57.2 Å². The second kappa shape index (κ2) is 10.0. The average Bonchev–Trinajstić information content (AvgIpc) is 3.50. The average molecular weight is 439 g/mol. The smallest absolute Gasteiger partial charge is 0.220 e. The molecule has 4 aromatic rings. The topological polar surface area (TPSA) is 50.2 Å². The number of rotatable bonds is 8. The van der Waals surface area contributed by atoms with Crippen LogP contribution in [0.25, 0.3) is 16.7 Å². The number of amides is 1. The SMILES string of the molecule is O=C(CCc1nc2ccccc2n1-c1ccccc1)NCc1ccc(CN2CCCC2)cc1. The molecule has 168 valence electrons. The van der Waals surface area contributed by atoms with Gasteiger partial charge in [0.2, 0.25) is 5.91 Å². The fourth-order valence-corrected chi connectivity index (χ4v) is 4.58. The molecule has 0 radical (unpaired) electrons. The van der Waals surface area contributed by atoms with Crippen LogP contribution in [0.15, 0.2) is 78.9 Å². The second-order valence-corrected chi connectivity index (χ2v) is 8.76. The molecule has 2 heterocycles. The number of para-hydroxylation sites is 3. The van der Waals surface area contributed by atoms with Crippen LogP contribution < -0.4 is 5.32 Å². The van der Waals surface area contributed by atoms with Crippen LogP contribution in [-0.2, 0) is 24.3 Å². The molecule has 1 amide bonds. The Balaban J connectivity index is 1.19. The Kier molecular flexibility index (Phi) is 6.49. The molecule has 1 aromatic heterocycles. The molecule has 5 heteroatoms. The monoisotopic (exact) mass is 438 g/mol. The first-order chi connectivity index (χ1) is 16.3. The minimum Gasteiger partial charge on any atom is -0.352 e. The lowest BCUT2D eigenvalue weighted by Crippen LogP contribution is -2.23. The van der Waals surface area contributed by atoms with Crippen molar-refractivity contribution in [2.24, 2.45) is 0 Å². The van der Waals surface area contributed by atoms with Crippen LogP contribution in [0.5, 0.6) is 0 Å². The van der Waals surface area contributed by atoms with Gasteiger partial charge in [-0.3, -0.25) is 14.3 Å². The van der Waals surface area contributed by atoms with Gasteiger partial charge in [0.25, 0.3) is 0 Å². The highest BCUT2D eigenvalue weighted by Gasteiger charge is 2.14. The molecule has 0 spiro atoms. The number of likely N-dealkylation sites (tertiary alicyclic amines) is 1. The highest BCUT2D eigenvalue weighted by Crippen LogP contribution is 2.22. The number of benzene rings is 3. The molecule has 0 aliphatic carbocycles. The van der Waals surface area contributed by atoms with E-state index in [1.165, 1.54) is 31.5 Å². The number of carbonyl (C=O) groups is 1. The Hall–Kier alpha value is -3.44. The molecule has 0 atom stereocenters. The lowest BCUT2D eigenvalue weighted by molar-refractivity contribution is -0.121. The van der Waals surface area contributed by atoms with Crippen molar-refractivity contribution in [3.8, 4) is 5.69 Å². The van der Waals surface area contributed by atoms with Crippen molar-refractivity contribution in [1.82, 2.24) is 19.8 Å². The lowest BCUT2D eigenvalue weighted by Gasteiger charge is -2.14. The number of imidazole rings is 1. The Morgan fingerprint density at radius 1 is 0.848 bits per heavy atom. The standard InChI is InChI=1S/C28H30N4O/c33-28(29-20-22-12-14-23(15-13-22)21-31-18-6-7-19-31)17-16-27-30-25-10-4-5-11-26(25)32(27)24-8-2-1-3-9-24/h1-5,8-15H,6-7,16-21H2,(H,29,33). The molecule has 0 unspecified atom stereocenters. The minimum atomic E-state index is 0.0443. The molecule has 1 aliphatic rings. The summed E-state index contributed by atoms with van der Waals surface area (Å²) >= 11 is 0. The number of hydrogen-bond donors (Lipinski definition) is 1. The molecule has 0 saturated carbocycles. The van der Waals surface area contributed by atoms with Gasteiger partial charge in [-0.05, 0) is 61.3 Å². The first-order valence-electron chi connectivity index (χ1n) is 11.8. The Bertz CT molecular complexity index is 1210. The van der Waals surface area contributed by atoms with Crippen molar-refractivity contribution in [2.45, 2.75) is 38.8 Å². The summed E-state index contributed by atoms with van der Waals surface area (Å²) in [6, 6.07) is 26.9. The van der Waals surface area contributed by atoms with Gasteiger partial charge in [-0.25, -0.2) is 4.98 Å². The van der Waals surface area contributed by atoms with Gasteiger partial charge in [0.05, 0.1) is 11.0 Å². The number of nitrogens with zero attached hydrogens (tertiary/aromatic N) is 3. The third-order valence-corrected chi connectivity index (χ3v) is 6.34. The highest BCUT2D eigenvalue weighted by atomic mass is 16.1. The van der Waals surface area contributed by atoms with Crippen molar-refractivity contribution in [3.63, 3.8) is 0 Å². The summed E-state index contributed by atoms with van der Waals surface area (Å²) in [5.74, 6) is 0.951. The summed E-state index contributed by atoms with van der Waals surface area (Å²) in [4.78, 5) is 19.9. The predicted octanol–water partition coefficient (Wildman–Crippen LogP) is 4.87. The van der Waals surface area contributed by atoms with E-state index in [1.807, 2.05) is 36.4 Å². The van der Waals surface area contributed by atoms with E-state index in [4.69, 9.17) is 4.98 Å². The largest absolute Gasteiger partial charge is 0.352 e. The molecule has 1 saturated heterocycles. The molecule has 5 rings (SSSR count). The number of aromatic nitrogens is 2. The fourth-order valence-electron chi connectivity index (χ4n) is 4.58. The van der Waals surface area contributed by atoms with Crippen LogP contribution in [-0.4, -0.2) is 33.4 Å². The van der Waals surface area contributed by atoms with E-state index >= 15 is 0 Å². The number of nitrogens with one attached hydrogen (secondary N) is 1. The van der Waals surface area contributed by atoms with Crippen molar-refractivity contribution < 1.29 is 4.79 Å². The van der Waals surface area contributed by atoms with Crippen LogP contribution in [0.2, 0.25) is 0 Å².